The van der Waals surface area contributed by atoms with Crippen molar-refractivity contribution in [2.75, 3.05) is 0 Å². The molecule has 6 heavy (non-hydrogen) atoms. The van der Waals surface area contributed by atoms with Crippen LogP contribution in [0.15, 0.2) is 12.7 Å². The molecule has 0 atom stereocenters. The topological polar surface area (TPSA) is 0 Å². The third-order valence-electron chi connectivity index (χ3n) is 0.762. The van der Waals surface area contributed by atoms with E-state index in [0.29, 0.717) is 0 Å². The minimum atomic E-state index is 0. The van der Waals surface area contributed by atoms with Crippen molar-refractivity contribution in [1.82, 2.24) is 0 Å². The second-order valence-electron chi connectivity index (χ2n) is 1.43. The van der Waals surface area contributed by atoms with Gasteiger partial charge >= 0.3 is 4.28 Å². The van der Waals surface area contributed by atoms with Gasteiger partial charge in [-0.15, -0.1) is 6.58 Å². The van der Waals surface area contributed by atoms with Crippen LogP contribution in [0.1, 0.15) is 30.5 Å². The molecular formula is C6H15+3. The van der Waals surface area contributed by atoms with Crippen molar-refractivity contribution >= 4 is 0 Å². The molecule has 0 aromatic rings. The van der Waals surface area contributed by atoms with Crippen LogP contribution in [0.5, 0.6) is 0 Å². The van der Waals surface area contributed by atoms with Crippen molar-refractivity contribution in [3.8, 4) is 0 Å². The third-order valence-corrected chi connectivity index (χ3v) is 0.762. The number of hydrogen-bond acceptors (Lipinski definition) is 0. The van der Waals surface area contributed by atoms with Crippen LogP contribution in [0.2, 0.25) is 0 Å². The quantitative estimate of drug-likeness (QED) is 0.366. The van der Waals surface area contributed by atoms with E-state index in [1.807, 2.05) is 6.08 Å². The summed E-state index contributed by atoms with van der Waals surface area (Å²) in [7, 11) is 0. The lowest BCUT2D eigenvalue weighted by molar-refractivity contribution is 0.816. The monoisotopic (exact) mass is 87.1 g/mol. The summed E-state index contributed by atoms with van der Waals surface area (Å²) in [4.78, 5) is 0. The maximum atomic E-state index is 3.60. The molecule has 0 saturated carbocycles. The van der Waals surface area contributed by atoms with Gasteiger partial charge in [-0.05, 0) is 6.42 Å². The minimum Gasteiger partial charge on any atom is -0.103 e. The fourth-order valence-electron chi connectivity index (χ4n) is 0.348. The molecule has 0 rings (SSSR count). The Kier molecular flexibility index (Phi) is 4.53. The Labute approximate surface area is 44.3 Å². The predicted molar refractivity (Wildman–Crippen MR) is 33.1 cm³/mol. The van der Waals surface area contributed by atoms with Gasteiger partial charge in [-0.1, -0.05) is 25.8 Å². The van der Waals surface area contributed by atoms with Crippen molar-refractivity contribution in [3.05, 3.63) is 12.7 Å². The van der Waals surface area contributed by atoms with Crippen molar-refractivity contribution in [1.29, 1.82) is 0 Å². The zero-order chi connectivity index (χ0) is 4.83. The highest BCUT2D eigenvalue weighted by Crippen LogP contribution is 1.91. The molecule has 0 aliphatic rings. The summed E-state index contributed by atoms with van der Waals surface area (Å²) in [6.07, 6.45) is 5.72. The number of allylic oxidation sites excluding steroid dienone is 1. The zero-order valence-corrected chi connectivity index (χ0v) is 4.41. The highest BCUT2D eigenvalue weighted by Gasteiger charge is 1.71. The summed E-state index contributed by atoms with van der Waals surface area (Å²) in [6.45, 7) is 5.78. The molecule has 0 N–H and O–H groups in total. The second kappa shape index (κ2) is 4.74. The van der Waals surface area contributed by atoms with E-state index in [1.165, 1.54) is 19.3 Å². The van der Waals surface area contributed by atoms with Gasteiger partial charge < -0.3 is 0 Å². The summed E-state index contributed by atoms with van der Waals surface area (Å²) in [5, 5.41) is 0. The van der Waals surface area contributed by atoms with Gasteiger partial charge in [0.2, 0.25) is 0 Å². The van der Waals surface area contributed by atoms with E-state index in [2.05, 4.69) is 13.5 Å². The van der Waals surface area contributed by atoms with Gasteiger partial charge in [0.25, 0.3) is 0 Å². The molecule has 0 amide bonds. The van der Waals surface area contributed by atoms with Gasteiger partial charge in [0.05, 0.1) is 0 Å². The van der Waals surface area contributed by atoms with E-state index in [-0.39, 0.29) is 4.28 Å². The first kappa shape index (κ1) is 5.74. The predicted octanol–water partition coefficient (Wildman–Crippen LogP) is 2.70. The standard InChI is InChI=1S/C6H12/c1-3-5-6-4-2/h3H,1,4-6H2,2H3/p+3. The molecule has 36 valence electrons. The molecule has 0 heterocycles. The van der Waals surface area contributed by atoms with Crippen LogP contribution in [-0.2, 0) is 0 Å². The first-order chi connectivity index (χ1) is 2.91. The lowest BCUT2D eigenvalue weighted by atomic mass is 10.3. The average Bonchev–Trinajstić information content (AvgIpc) is 1.61. The van der Waals surface area contributed by atoms with Crippen LogP contribution in [0.4, 0.5) is 0 Å². The summed E-state index contributed by atoms with van der Waals surface area (Å²) in [5.41, 5.74) is 0. The van der Waals surface area contributed by atoms with E-state index in [1.54, 1.807) is 0 Å². The van der Waals surface area contributed by atoms with E-state index in [0.717, 1.165) is 0 Å². The summed E-state index contributed by atoms with van der Waals surface area (Å²) < 4.78 is 0. The minimum absolute atomic E-state index is 0. The van der Waals surface area contributed by atoms with Crippen molar-refractivity contribution in [2.45, 2.75) is 26.2 Å². The van der Waals surface area contributed by atoms with Gasteiger partial charge in [-0.3, -0.25) is 0 Å². The Morgan fingerprint density at radius 3 is 2.67 bits per heavy atom. The maximum absolute atomic E-state index is 3.60. The van der Waals surface area contributed by atoms with Gasteiger partial charge in [0, 0.05) is 0 Å². The molecule has 0 fully saturated rings. The van der Waals surface area contributed by atoms with Crippen LogP contribution < -0.4 is 0 Å². The number of hydrogen-bond donors (Lipinski definition) is 0. The molecule has 0 aromatic heterocycles. The van der Waals surface area contributed by atoms with Crippen LogP contribution in [-0.4, -0.2) is 0 Å². The van der Waals surface area contributed by atoms with E-state index < -0.39 is 0 Å². The molecule has 0 bridgehead atoms. The van der Waals surface area contributed by atoms with Gasteiger partial charge in [-0.25, -0.2) is 0 Å². The largest absolute Gasteiger partial charge is 1.00 e. The van der Waals surface area contributed by atoms with Crippen molar-refractivity contribution in [2.24, 2.45) is 0 Å². The molecular weight excluding hydrogens is 72.1 g/mol. The molecule has 0 aromatic carbocycles. The molecule has 0 radical (unpaired) electrons. The summed E-state index contributed by atoms with van der Waals surface area (Å²) in [6, 6.07) is 0. The van der Waals surface area contributed by atoms with E-state index in [9.17, 15) is 0 Å². The molecule has 0 heteroatoms. The first-order valence-corrected chi connectivity index (χ1v) is 2.52. The lowest BCUT2D eigenvalue weighted by Crippen LogP contribution is -1.61. The Bertz CT molecular complexity index is 37.3. The van der Waals surface area contributed by atoms with E-state index in [4.69, 9.17) is 0 Å². The Morgan fingerprint density at radius 2 is 2.50 bits per heavy atom. The first-order valence-electron chi connectivity index (χ1n) is 2.52. The van der Waals surface area contributed by atoms with Crippen molar-refractivity contribution in [3.63, 3.8) is 0 Å². The maximum Gasteiger partial charge on any atom is 1.00 e. The smallest absolute Gasteiger partial charge is 0.103 e. The van der Waals surface area contributed by atoms with Gasteiger partial charge in [0.15, 0.2) is 0 Å². The second-order valence-corrected chi connectivity index (χ2v) is 1.43. The molecule has 0 aliphatic heterocycles. The normalized spacial score (nSPS) is 8.17. The Balaban J connectivity index is -0.0000000417. The number of rotatable bonds is 3. The average molecular weight is 87.2 g/mol. The van der Waals surface area contributed by atoms with Crippen LogP contribution in [0, 0.1) is 0 Å². The lowest BCUT2D eigenvalue weighted by Gasteiger charge is -1.81. The van der Waals surface area contributed by atoms with Gasteiger partial charge in [-0.2, -0.15) is 0 Å². The zero-order valence-electron chi connectivity index (χ0n) is 7.41. The highest BCUT2D eigenvalue weighted by atomic mass is 13.8. The molecule has 0 saturated heterocycles. The highest BCUT2D eigenvalue weighted by molar-refractivity contribution is 4.64. The Hall–Kier alpha value is -0.260. The number of unbranched alkanes of at least 4 members (excludes halogenated alkanes) is 2. The third kappa shape index (κ3) is 3.74. The molecule has 0 unspecified atom stereocenters. The fourth-order valence-corrected chi connectivity index (χ4v) is 0.348. The molecule has 0 nitrogen and oxygen atoms in total. The fraction of sp³-hybridized carbons (Fsp3) is 0.667. The van der Waals surface area contributed by atoms with Crippen LogP contribution in [0.25, 0.3) is 0 Å². The van der Waals surface area contributed by atoms with E-state index >= 15 is 0 Å². The molecule has 0 spiro atoms. The van der Waals surface area contributed by atoms with Crippen molar-refractivity contribution < 1.29 is 4.28 Å². The van der Waals surface area contributed by atoms with Crippen LogP contribution >= 0.6 is 0 Å². The van der Waals surface area contributed by atoms with Gasteiger partial charge in [0.1, 0.15) is 0 Å². The Morgan fingerprint density at radius 1 is 1.83 bits per heavy atom. The summed E-state index contributed by atoms with van der Waals surface area (Å²) >= 11 is 0. The van der Waals surface area contributed by atoms with Crippen LogP contribution in [0.3, 0.4) is 0 Å². The summed E-state index contributed by atoms with van der Waals surface area (Å²) in [5.74, 6) is 0. The SMILES string of the molecule is C=CCCCC.[H+].[H+].[H+]. The molecule has 0 aliphatic carbocycles.